The summed E-state index contributed by atoms with van der Waals surface area (Å²) in [5.41, 5.74) is 5.17. The summed E-state index contributed by atoms with van der Waals surface area (Å²) in [6.45, 7) is 10.3. The topological polar surface area (TPSA) is 49.3 Å². The van der Waals surface area contributed by atoms with Crippen molar-refractivity contribution >= 4 is 11.6 Å². The van der Waals surface area contributed by atoms with Crippen LogP contribution in [0.5, 0.6) is 0 Å². The molecule has 1 heterocycles. The quantitative estimate of drug-likeness (QED) is 0.877. The smallest absolute Gasteiger partial charge is 0.232 e. The fourth-order valence-corrected chi connectivity index (χ4v) is 3.09. The number of hydrogen-bond donors (Lipinski definition) is 2. The highest BCUT2D eigenvalue weighted by molar-refractivity contribution is 6.04. The van der Waals surface area contributed by atoms with Gasteiger partial charge in [0.15, 0.2) is 0 Å². The van der Waals surface area contributed by atoms with Crippen molar-refractivity contribution in [3.63, 3.8) is 0 Å². The Morgan fingerprint density at radius 2 is 1.95 bits per heavy atom. The van der Waals surface area contributed by atoms with Gasteiger partial charge in [0, 0.05) is 5.69 Å². The monoisotopic (exact) mass is 275 g/mol. The van der Waals surface area contributed by atoms with Gasteiger partial charge in [-0.05, 0) is 54.9 Å². The zero-order valence-corrected chi connectivity index (χ0v) is 13.1. The van der Waals surface area contributed by atoms with Crippen LogP contribution in [0, 0.1) is 19.8 Å². The molecule has 3 heteroatoms. The summed E-state index contributed by atoms with van der Waals surface area (Å²) in [6.07, 6.45) is 1.09. The van der Waals surface area contributed by atoms with Crippen molar-refractivity contribution in [3.05, 3.63) is 28.3 Å². The number of carbonyl (C=O) groups excluding carboxylic acids is 1. The molecule has 1 aliphatic rings. The number of rotatable bonds is 4. The summed E-state index contributed by atoms with van der Waals surface area (Å²) in [7, 11) is 0. The molecule has 1 aromatic rings. The standard InChI is InChI=1S/C17H25NO2/c1-6-12-14-8-13(15(19)7-9(2)3)10(4)11(5)16(14)18-17(12)20/h8-9,12,15,19H,6-7H2,1-5H3,(H,18,20). The van der Waals surface area contributed by atoms with Gasteiger partial charge in [-0.1, -0.05) is 26.8 Å². The highest BCUT2D eigenvalue weighted by Gasteiger charge is 2.32. The second-order valence-corrected chi connectivity index (χ2v) is 6.28. The van der Waals surface area contributed by atoms with Crippen LogP contribution < -0.4 is 5.32 Å². The minimum absolute atomic E-state index is 0.0747. The highest BCUT2D eigenvalue weighted by Crippen LogP contribution is 2.41. The average molecular weight is 275 g/mol. The van der Waals surface area contributed by atoms with Crippen molar-refractivity contribution in [2.45, 2.75) is 59.5 Å². The van der Waals surface area contributed by atoms with Crippen LogP contribution in [0.25, 0.3) is 0 Å². The van der Waals surface area contributed by atoms with Gasteiger partial charge in [0.25, 0.3) is 0 Å². The van der Waals surface area contributed by atoms with Gasteiger partial charge in [-0.3, -0.25) is 4.79 Å². The third kappa shape index (κ3) is 2.47. The van der Waals surface area contributed by atoms with Crippen LogP contribution in [0.4, 0.5) is 5.69 Å². The van der Waals surface area contributed by atoms with E-state index in [9.17, 15) is 9.90 Å². The molecule has 20 heavy (non-hydrogen) atoms. The van der Waals surface area contributed by atoms with Crippen molar-refractivity contribution in [1.82, 2.24) is 0 Å². The molecule has 0 aliphatic carbocycles. The molecule has 110 valence electrons. The fourth-order valence-electron chi connectivity index (χ4n) is 3.09. The molecule has 0 saturated carbocycles. The van der Waals surface area contributed by atoms with E-state index in [1.54, 1.807) is 0 Å². The zero-order valence-electron chi connectivity index (χ0n) is 13.1. The molecule has 1 aromatic carbocycles. The van der Waals surface area contributed by atoms with Crippen molar-refractivity contribution < 1.29 is 9.90 Å². The molecule has 2 atom stereocenters. The minimum atomic E-state index is -0.452. The minimum Gasteiger partial charge on any atom is -0.388 e. The zero-order chi connectivity index (χ0) is 15.0. The van der Waals surface area contributed by atoms with Crippen LogP contribution in [-0.2, 0) is 4.79 Å². The lowest BCUT2D eigenvalue weighted by molar-refractivity contribution is -0.117. The Hall–Kier alpha value is -1.35. The molecule has 0 bridgehead atoms. The van der Waals surface area contributed by atoms with E-state index in [-0.39, 0.29) is 11.8 Å². The van der Waals surface area contributed by atoms with E-state index in [1.165, 1.54) is 0 Å². The number of hydrogen-bond acceptors (Lipinski definition) is 2. The summed E-state index contributed by atoms with van der Waals surface area (Å²) in [6, 6.07) is 2.04. The molecular weight excluding hydrogens is 250 g/mol. The number of aliphatic hydroxyl groups is 1. The van der Waals surface area contributed by atoms with Crippen molar-refractivity contribution in [1.29, 1.82) is 0 Å². The molecule has 2 unspecified atom stereocenters. The predicted octanol–water partition coefficient (Wildman–Crippen LogP) is 3.83. The predicted molar refractivity (Wildman–Crippen MR) is 82.0 cm³/mol. The normalized spacial score (nSPS) is 19.1. The van der Waals surface area contributed by atoms with Crippen molar-refractivity contribution in [3.8, 4) is 0 Å². The molecule has 0 saturated heterocycles. The van der Waals surface area contributed by atoms with Gasteiger partial charge in [0.1, 0.15) is 0 Å². The summed E-state index contributed by atoms with van der Waals surface area (Å²) in [5, 5.41) is 13.4. The van der Waals surface area contributed by atoms with E-state index in [2.05, 4.69) is 19.2 Å². The second-order valence-electron chi connectivity index (χ2n) is 6.28. The highest BCUT2D eigenvalue weighted by atomic mass is 16.3. The van der Waals surface area contributed by atoms with E-state index in [4.69, 9.17) is 0 Å². The molecular formula is C17H25NO2. The summed E-state index contributed by atoms with van der Waals surface area (Å²) in [5.74, 6) is 0.453. The Kier molecular flexibility index (Phi) is 4.19. The van der Waals surface area contributed by atoms with E-state index < -0.39 is 6.10 Å². The first-order valence-electron chi connectivity index (χ1n) is 7.49. The van der Waals surface area contributed by atoms with Gasteiger partial charge in [-0.2, -0.15) is 0 Å². The maximum Gasteiger partial charge on any atom is 0.232 e. The lowest BCUT2D eigenvalue weighted by Gasteiger charge is -2.20. The molecule has 1 aliphatic heterocycles. The average Bonchev–Trinajstić information content (AvgIpc) is 2.68. The van der Waals surface area contributed by atoms with Crippen molar-refractivity contribution in [2.75, 3.05) is 5.32 Å². The molecule has 0 aromatic heterocycles. The number of anilines is 1. The van der Waals surface area contributed by atoms with Gasteiger partial charge in [0.2, 0.25) is 5.91 Å². The molecule has 2 rings (SSSR count). The number of amides is 1. The van der Waals surface area contributed by atoms with Gasteiger partial charge in [-0.15, -0.1) is 0 Å². The van der Waals surface area contributed by atoms with Crippen LogP contribution in [0.3, 0.4) is 0 Å². The number of carbonyl (C=O) groups is 1. The Morgan fingerprint density at radius 1 is 1.30 bits per heavy atom. The van der Waals surface area contributed by atoms with Crippen LogP contribution in [0.1, 0.15) is 67.9 Å². The Balaban J connectivity index is 2.49. The van der Waals surface area contributed by atoms with E-state index in [0.29, 0.717) is 5.92 Å². The lowest BCUT2D eigenvalue weighted by Crippen LogP contribution is -2.10. The number of fused-ring (bicyclic) bond motifs is 1. The lowest BCUT2D eigenvalue weighted by atomic mass is 9.87. The third-order valence-electron chi connectivity index (χ3n) is 4.37. The summed E-state index contributed by atoms with van der Waals surface area (Å²) in [4.78, 5) is 12.0. The van der Waals surface area contributed by atoms with Gasteiger partial charge in [0.05, 0.1) is 12.0 Å². The number of nitrogens with one attached hydrogen (secondary N) is 1. The molecule has 2 N–H and O–H groups in total. The SMILES string of the molecule is CCC1C(=O)Nc2c1cc(C(O)CC(C)C)c(C)c2C. The molecule has 0 spiro atoms. The van der Waals surface area contributed by atoms with Crippen LogP contribution in [0.2, 0.25) is 0 Å². The maximum atomic E-state index is 12.0. The number of aliphatic hydroxyl groups excluding tert-OH is 1. The Morgan fingerprint density at radius 3 is 2.50 bits per heavy atom. The largest absolute Gasteiger partial charge is 0.388 e. The van der Waals surface area contributed by atoms with Gasteiger partial charge in [-0.25, -0.2) is 0 Å². The molecule has 3 nitrogen and oxygen atoms in total. The van der Waals surface area contributed by atoms with E-state index in [1.807, 2.05) is 26.8 Å². The second kappa shape index (κ2) is 5.57. The van der Waals surface area contributed by atoms with E-state index in [0.717, 1.165) is 40.8 Å². The van der Waals surface area contributed by atoms with Crippen LogP contribution >= 0.6 is 0 Å². The Labute approximate surface area is 121 Å². The summed E-state index contributed by atoms with van der Waals surface area (Å²) >= 11 is 0. The summed E-state index contributed by atoms with van der Waals surface area (Å²) < 4.78 is 0. The van der Waals surface area contributed by atoms with Crippen molar-refractivity contribution in [2.24, 2.45) is 5.92 Å². The van der Waals surface area contributed by atoms with Gasteiger partial charge < -0.3 is 10.4 Å². The maximum absolute atomic E-state index is 12.0. The molecule has 0 radical (unpaired) electrons. The third-order valence-corrected chi connectivity index (χ3v) is 4.37. The van der Waals surface area contributed by atoms with Gasteiger partial charge >= 0.3 is 0 Å². The first-order chi connectivity index (χ1) is 9.36. The molecule has 1 amide bonds. The number of benzene rings is 1. The first kappa shape index (κ1) is 15.0. The van der Waals surface area contributed by atoms with E-state index >= 15 is 0 Å². The Bertz CT molecular complexity index is 534. The van der Waals surface area contributed by atoms with Crippen LogP contribution in [0.15, 0.2) is 6.07 Å². The fraction of sp³-hybridized carbons (Fsp3) is 0.588. The first-order valence-corrected chi connectivity index (χ1v) is 7.49. The molecule has 0 fully saturated rings. The van der Waals surface area contributed by atoms with Crippen LogP contribution in [-0.4, -0.2) is 11.0 Å².